The lowest BCUT2D eigenvalue weighted by atomic mass is 9.94. The van der Waals surface area contributed by atoms with Crippen molar-refractivity contribution < 1.29 is 14.6 Å². The van der Waals surface area contributed by atoms with Gasteiger partial charge in [-0.25, -0.2) is 4.98 Å². The molecule has 1 aromatic heterocycles. The third-order valence-electron chi connectivity index (χ3n) is 3.93. The molecule has 1 fully saturated rings. The molecule has 0 bridgehead atoms. The van der Waals surface area contributed by atoms with Crippen LogP contribution in [-0.4, -0.2) is 45.9 Å². The van der Waals surface area contributed by atoms with Crippen LogP contribution in [0.2, 0.25) is 0 Å². The van der Waals surface area contributed by atoms with Gasteiger partial charge in [0.25, 0.3) is 5.91 Å². The van der Waals surface area contributed by atoms with Crippen LogP contribution in [0.5, 0.6) is 0 Å². The molecule has 0 aliphatic carbocycles. The summed E-state index contributed by atoms with van der Waals surface area (Å²) in [5.74, 6) is -0.183. The molecule has 2 aromatic rings. The Morgan fingerprint density at radius 2 is 2.05 bits per heavy atom. The Morgan fingerprint density at radius 1 is 1.32 bits per heavy atom. The first kappa shape index (κ1) is 14.7. The maximum atomic E-state index is 12.2. The number of amides is 1. The van der Waals surface area contributed by atoms with Crippen molar-refractivity contribution in [1.82, 2.24) is 14.9 Å². The molecule has 1 saturated heterocycles. The van der Waals surface area contributed by atoms with E-state index in [1.165, 1.54) is 0 Å². The topological polar surface area (TPSA) is 76.4 Å². The Labute approximate surface area is 128 Å². The number of aromatic nitrogens is 2. The second-order valence-corrected chi connectivity index (χ2v) is 5.54. The first-order valence-corrected chi connectivity index (χ1v) is 7.33. The molecule has 1 aliphatic heterocycles. The first-order valence-electron chi connectivity index (χ1n) is 7.33. The quantitative estimate of drug-likeness (QED) is 0.888. The van der Waals surface area contributed by atoms with Crippen molar-refractivity contribution in [2.45, 2.75) is 18.4 Å². The van der Waals surface area contributed by atoms with Gasteiger partial charge < -0.3 is 19.7 Å². The van der Waals surface area contributed by atoms with Crippen molar-refractivity contribution in [3.05, 3.63) is 48.5 Å². The van der Waals surface area contributed by atoms with Gasteiger partial charge in [-0.1, -0.05) is 0 Å². The van der Waals surface area contributed by atoms with Crippen LogP contribution in [0, 0.1) is 0 Å². The molecular formula is C16H19N3O3. The van der Waals surface area contributed by atoms with E-state index in [0.717, 1.165) is 5.69 Å². The molecule has 6 nitrogen and oxygen atoms in total. The lowest BCUT2D eigenvalue weighted by molar-refractivity contribution is -0.0605. The van der Waals surface area contributed by atoms with E-state index in [-0.39, 0.29) is 12.5 Å². The molecule has 0 spiro atoms. The van der Waals surface area contributed by atoms with Crippen molar-refractivity contribution in [3.8, 4) is 5.69 Å². The average Bonchev–Trinajstić information content (AvgIpc) is 3.08. The molecule has 6 heteroatoms. The SMILES string of the molecule is O=C(NCC1(O)CCOCC1)c1ccc(-n2ccnc2)cc1. The lowest BCUT2D eigenvalue weighted by Crippen LogP contribution is -2.46. The third-order valence-corrected chi connectivity index (χ3v) is 3.93. The lowest BCUT2D eigenvalue weighted by Gasteiger charge is -2.32. The Kier molecular flexibility index (Phi) is 4.22. The van der Waals surface area contributed by atoms with Crippen LogP contribution in [0.1, 0.15) is 23.2 Å². The van der Waals surface area contributed by atoms with Gasteiger partial charge in [0, 0.05) is 56.2 Å². The van der Waals surface area contributed by atoms with Crippen molar-refractivity contribution in [2.75, 3.05) is 19.8 Å². The number of ether oxygens (including phenoxy) is 1. The van der Waals surface area contributed by atoms with Crippen LogP contribution in [-0.2, 0) is 4.74 Å². The van der Waals surface area contributed by atoms with Crippen molar-refractivity contribution in [3.63, 3.8) is 0 Å². The molecule has 2 N–H and O–H groups in total. The van der Waals surface area contributed by atoms with Crippen LogP contribution < -0.4 is 5.32 Å². The molecular weight excluding hydrogens is 282 g/mol. The molecule has 22 heavy (non-hydrogen) atoms. The van der Waals surface area contributed by atoms with Crippen LogP contribution >= 0.6 is 0 Å². The van der Waals surface area contributed by atoms with Crippen LogP contribution in [0.3, 0.4) is 0 Å². The fraction of sp³-hybridized carbons (Fsp3) is 0.375. The number of imidazole rings is 1. The minimum atomic E-state index is -0.856. The number of carbonyl (C=O) groups excluding carboxylic acids is 1. The summed E-state index contributed by atoms with van der Waals surface area (Å²) in [5.41, 5.74) is 0.654. The molecule has 2 heterocycles. The highest BCUT2D eigenvalue weighted by Gasteiger charge is 2.30. The monoisotopic (exact) mass is 301 g/mol. The maximum absolute atomic E-state index is 12.2. The molecule has 116 valence electrons. The van der Waals surface area contributed by atoms with E-state index in [0.29, 0.717) is 31.6 Å². The number of aliphatic hydroxyl groups is 1. The number of nitrogens with one attached hydrogen (secondary N) is 1. The standard InChI is InChI=1S/C16H19N3O3/c20-15(18-11-16(21)5-9-22-10-6-16)13-1-3-14(4-2-13)19-8-7-17-12-19/h1-4,7-8,12,21H,5-6,9-11H2,(H,18,20). The summed E-state index contributed by atoms with van der Waals surface area (Å²) >= 11 is 0. The van der Waals surface area contributed by atoms with E-state index >= 15 is 0 Å². The fourth-order valence-electron chi connectivity index (χ4n) is 2.47. The highest BCUT2D eigenvalue weighted by Crippen LogP contribution is 2.19. The molecule has 0 saturated carbocycles. The number of carbonyl (C=O) groups is 1. The predicted octanol–water partition coefficient (Wildman–Crippen LogP) is 1.14. The third kappa shape index (κ3) is 3.35. The van der Waals surface area contributed by atoms with Gasteiger partial charge in [-0.05, 0) is 24.3 Å². The van der Waals surface area contributed by atoms with E-state index in [4.69, 9.17) is 4.74 Å². The van der Waals surface area contributed by atoms with Gasteiger partial charge in [-0.15, -0.1) is 0 Å². The Morgan fingerprint density at radius 3 is 2.68 bits per heavy atom. The van der Waals surface area contributed by atoms with Crippen LogP contribution in [0.25, 0.3) is 5.69 Å². The number of hydrogen-bond acceptors (Lipinski definition) is 4. The van der Waals surface area contributed by atoms with E-state index in [1.807, 2.05) is 22.9 Å². The maximum Gasteiger partial charge on any atom is 0.251 e. The van der Waals surface area contributed by atoms with Gasteiger partial charge in [0.1, 0.15) is 0 Å². The summed E-state index contributed by atoms with van der Waals surface area (Å²) in [4.78, 5) is 16.1. The Hall–Kier alpha value is -2.18. The van der Waals surface area contributed by atoms with Gasteiger partial charge in [-0.2, -0.15) is 0 Å². The zero-order valence-electron chi connectivity index (χ0n) is 12.2. The number of nitrogens with zero attached hydrogens (tertiary/aromatic N) is 2. The summed E-state index contributed by atoms with van der Waals surface area (Å²) in [6, 6.07) is 7.25. The Balaban J connectivity index is 1.60. The van der Waals surface area contributed by atoms with E-state index < -0.39 is 5.60 Å². The molecule has 0 radical (unpaired) electrons. The number of hydrogen-bond donors (Lipinski definition) is 2. The highest BCUT2D eigenvalue weighted by atomic mass is 16.5. The number of benzene rings is 1. The van der Waals surface area contributed by atoms with Crippen LogP contribution in [0.4, 0.5) is 0 Å². The van der Waals surface area contributed by atoms with E-state index in [9.17, 15) is 9.90 Å². The predicted molar refractivity (Wildman–Crippen MR) is 80.9 cm³/mol. The molecule has 0 unspecified atom stereocenters. The van der Waals surface area contributed by atoms with Gasteiger partial charge in [0.05, 0.1) is 11.9 Å². The molecule has 1 amide bonds. The Bertz CT molecular complexity index is 617. The summed E-state index contributed by atoms with van der Waals surface area (Å²) in [6.07, 6.45) is 6.35. The zero-order valence-corrected chi connectivity index (χ0v) is 12.2. The largest absolute Gasteiger partial charge is 0.388 e. The summed E-state index contributed by atoms with van der Waals surface area (Å²) in [6.45, 7) is 1.32. The van der Waals surface area contributed by atoms with Crippen molar-refractivity contribution >= 4 is 5.91 Å². The van der Waals surface area contributed by atoms with E-state index in [1.54, 1.807) is 24.7 Å². The second kappa shape index (κ2) is 6.29. The minimum Gasteiger partial charge on any atom is -0.388 e. The highest BCUT2D eigenvalue weighted by molar-refractivity contribution is 5.94. The molecule has 1 aliphatic rings. The molecule has 3 rings (SSSR count). The summed E-state index contributed by atoms with van der Waals surface area (Å²) < 4.78 is 7.09. The number of rotatable bonds is 4. The normalized spacial score (nSPS) is 17.1. The molecule has 1 aromatic carbocycles. The van der Waals surface area contributed by atoms with Crippen molar-refractivity contribution in [2.24, 2.45) is 0 Å². The van der Waals surface area contributed by atoms with Gasteiger partial charge in [0.2, 0.25) is 0 Å². The summed E-state index contributed by atoms with van der Waals surface area (Å²) in [7, 11) is 0. The van der Waals surface area contributed by atoms with Crippen LogP contribution in [0.15, 0.2) is 43.0 Å². The van der Waals surface area contributed by atoms with Crippen molar-refractivity contribution in [1.29, 1.82) is 0 Å². The minimum absolute atomic E-state index is 0.183. The van der Waals surface area contributed by atoms with Gasteiger partial charge in [0.15, 0.2) is 0 Å². The second-order valence-electron chi connectivity index (χ2n) is 5.54. The van der Waals surface area contributed by atoms with Gasteiger partial charge in [-0.3, -0.25) is 4.79 Å². The van der Waals surface area contributed by atoms with E-state index in [2.05, 4.69) is 10.3 Å². The average molecular weight is 301 g/mol. The first-order chi connectivity index (χ1) is 10.7. The fourth-order valence-corrected chi connectivity index (χ4v) is 2.47. The summed E-state index contributed by atoms with van der Waals surface area (Å²) in [5, 5.41) is 13.1. The van der Waals surface area contributed by atoms with Gasteiger partial charge >= 0.3 is 0 Å². The smallest absolute Gasteiger partial charge is 0.251 e. The zero-order chi connectivity index (χ0) is 15.4. The molecule has 0 atom stereocenters.